The first-order chi connectivity index (χ1) is 21.4. The molecule has 10 nitrogen and oxygen atoms in total. The third kappa shape index (κ3) is 7.07. The number of pyridine rings is 3. The van der Waals surface area contributed by atoms with E-state index in [1.165, 1.54) is 0 Å². The molecule has 1 aliphatic carbocycles. The zero-order valence-electron chi connectivity index (χ0n) is 25.2. The summed E-state index contributed by atoms with van der Waals surface area (Å²) in [4.78, 5) is 41.9. The Balaban J connectivity index is 1.27. The van der Waals surface area contributed by atoms with Gasteiger partial charge in [-0.2, -0.15) is 0 Å². The van der Waals surface area contributed by atoms with Gasteiger partial charge in [0, 0.05) is 36.8 Å². The van der Waals surface area contributed by atoms with E-state index in [1.807, 2.05) is 39.0 Å². The Hall–Kier alpha value is -4.15. The molecule has 0 radical (unpaired) electrons. The average molecular weight is 650 g/mol. The van der Waals surface area contributed by atoms with E-state index in [0.29, 0.717) is 45.8 Å². The Bertz CT molecular complexity index is 1750. The number of aromatic nitrogens is 3. The Morgan fingerprint density at radius 2 is 1.78 bits per heavy atom. The van der Waals surface area contributed by atoms with Crippen LogP contribution in [0.25, 0.3) is 22.3 Å². The monoisotopic (exact) mass is 648 g/mol. The summed E-state index contributed by atoms with van der Waals surface area (Å²) in [5.74, 6) is 0.590. The van der Waals surface area contributed by atoms with Crippen molar-refractivity contribution in [3.05, 3.63) is 64.4 Å². The number of anilines is 3. The van der Waals surface area contributed by atoms with Gasteiger partial charge in [0.1, 0.15) is 16.9 Å². The van der Waals surface area contributed by atoms with Crippen LogP contribution in [-0.2, 0) is 4.74 Å². The first-order valence-corrected chi connectivity index (χ1v) is 15.7. The number of nitrogens with one attached hydrogen (secondary N) is 2. The molecule has 0 spiro atoms. The number of Topliss-reactive ketones (excluding diaryl/α,β-unsaturated/α-hetero) is 1. The van der Waals surface area contributed by atoms with Gasteiger partial charge in [0.25, 0.3) is 0 Å². The molecular formula is C33H34Cl2N6O4. The number of carbonyl (C=O) groups excluding carboxylic acids is 2. The fourth-order valence-corrected chi connectivity index (χ4v) is 5.87. The maximum absolute atomic E-state index is 13.4. The number of hydrogen-bond acceptors (Lipinski definition) is 9. The van der Waals surface area contributed by atoms with Crippen molar-refractivity contribution in [2.75, 3.05) is 23.3 Å². The van der Waals surface area contributed by atoms with Crippen molar-refractivity contribution in [2.24, 2.45) is 5.92 Å². The Morgan fingerprint density at radius 3 is 2.44 bits per heavy atom. The lowest BCUT2D eigenvalue weighted by molar-refractivity contribution is 0.0499. The number of ketones is 1. The predicted molar refractivity (Wildman–Crippen MR) is 176 cm³/mol. The van der Waals surface area contributed by atoms with Crippen LogP contribution in [0.2, 0.25) is 10.0 Å². The lowest BCUT2D eigenvalue weighted by Gasteiger charge is -2.34. The minimum absolute atomic E-state index is 0.0236. The van der Waals surface area contributed by atoms with E-state index in [2.05, 4.69) is 20.5 Å². The second kappa shape index (κ2) is 12.3. The number of piperidine rings is 1. The van der Waals surface area contributed by atoms with Crippen LogP contribution in [0.1, 0.15) is 56.8 Å². The summed E-state index contributed by atoms with van der Waals surface area (Å²) >= 11 is 12.4. The molecule has 12 heteroatoms. The highest BCUT2D eigenvalue weighted by molar-refractivity contribution is 6.37. The number of ether oxygens (including phenoxy) is 1. The van der Waals surface area contributed by atoms with E-state index in [-0.39, 0.29) is 33.5 Å². The van der Waals surface area contributed by atoms with E-state index in [0.717, 1.165) is 38.0 Å². The number of fused-ring (bicyclic) bond motifs is 1. The second-order valence-electron chi connectivity index (χ2n) is 12.5. The van der Waals surface area contributed by atoms with Crippen LogP contribution in [0.5, 0.6) is 5.75 Å². The molecule has 1 aliphatic heterocycles. The van der Waals surface area contributed by atoms with Crippen LogP contribution < -0.4 is 15.5 Å². The average Bonchev–Trinajstić information content (AvgIpc) is 3.85. The molecule has 1 atom stereocenters. The topological polar surface area (TPSA) is 130 Å². The van der Waals surface area contributed by atoms with Crippen molar-refractivity contribution >= 4 is 63.3 Å². The summed E-state index contributed by atoms with van der Waals surface area (Å²) in [5.41, 5.74) is 3.41. The van der Waals surface area contributed by atoms with Gasteiger partial charge in [0.05, 0.1) is 44.4 Å². The van der Waals surface area contributed by atoms with E-state index >= 15 is 0 Å². The molecular weight excluding hydrogens is 615 g/mol. The lowest BCUT2D eigenvalue weighted by atomic mass is 10.0. The number of aromatic hydroxyl groups is 1. The smallest absolute Gasteiger partial charge is 0.407 e. The van der Waals surface area contributed by atoms with Crippen molar-refractivity contribution in [3.8, 4) is 17.0 Å². The van der Waals surface area contributed by atoms with Gasteiger partial charge < -0.3 is 25.4 Å². The van der Waals surface area contributed by atoms with Crippen LogP contribution in [0.3, 0.4) is 0 Å². The van der Waals surface area contributed by atoms with Gasteiger partial charge in [-0.3, -0.25) is 9.78 Å². The van der Waals surface area contributed by atoms with Crippen molar-refractivity contribution in [2.45, 2.75) is 58.1 Å². The van der Waals surface area contributed by atoms with Gasteiger partial charge in [-0.25, -0.2) is 14.8 Å². The zero-order chi connectivity index (χ0) is 31.9. The molecule has 4 aromatic rings. The second-order valence-corrected chi connectivity index (χ2v) is 13.3. The van der Waals surface area contributed by atoms with Gasteiger partial charge in [-0.1, -0.05) is 23.2 Å². The van der Waals surface area contributed by atoms with Crippen LogP contribution >= 0.6 is 23.2 Å². The Morgan fingerprint density at radius 1 is 1.02 bits per heavy atom. The highest BCUT2D eigenvalue weighted by atomic mass is 35.5. The summed E-state index contributed by atoms with van der Waals surface area (Å²) in [6.45, 7) is 6.96. The minimum atomic E-state index is -0.559. The minimum Gasteiger partial charge on any atom is -0.505 e. The fraction of sp³-hybridized carbons (Fsp3) is 0.364. The third-order valence-corrected chi connectivity index (χ3v) is 8.30. The third-order valence-electron chi connectivity index (χ3n) is 7.72. The van der Waals surface area contributed by atoms with Crippen LogP contribution in [0.15, 0.2) is 48.8 Å². The number of nitrogens with zero attached hydrogens (tertiary/aromatic N) is 4. The summed E-state index contributed by atoms with van der Waals surface area (Å²) < 4.78 is 5.43. The summed E-state index contributed by atoms with van der Waals surface area (Å²) in [5, 5.41) is 16.6. The van der Waals surface area contributed by atoms with Crippen molar-refractivity contribution < 1.29 is 19.4 Å². The molecule has 45 heavy (non-hydrogen) atoms. The number of phenolic OH excluding ortho intramolecular Hbond substituents is 1. The summed E-state index contributed by atoms with van der Waals surface area (Å²) in [6.07, 6.45) is 6.38. The van der Waals surface area contributed by atoms with E-state index < -0.39 is 11.7 Å². The largest absolute Gasteiger partial charge is 0.505 e. The molecule has 2 fully saturated rings. The molecule has 3 N–H and O–H groups in total. The quantitative estimate of drug-likeness (QED) is 0.174. The zero-order valence-corrected chi connectivity index (χ0v) is 26.7. The molecule has 6 rings (SSSR count). The number of carbonyl (C=O) groups is 2. The van der Waals surface area contributed by atoms with Gasteiger partial charge in [0.2, 0.25) is 0 Å². The van der Waals surface area contributed by atoms with E-state index in [9.17, 15) is 14.7 Å². The molecule has 0 bridgehead atoms. The number of hydrogen-bond donors (Lipinski definition) is 3. The van der Waals surface area contributed by atoms with Gasteiger partial charge >= 0.3 is 6.09 Å². The summed E-state index contributed by atoms with van der Waals surface area (Å²) in [7, 11) is 0. The molecule has 3 aromatic heterocycles. The first-order valence-electron chi connectivity index (χ1n) is 14.9. The van der Waals surface area contributed by atoms with Crippen molar-refractivity contribution in [1.82, 2.24) is 20.3 Å². The number of phenols is 1. The van der Waals surface area contributed by atoms with E-state index in [1.54, 1.807) is 30.6 Å². The molecule has 4 heterocycles. The highest BCUT2D eigenvalue weighted by Crippen LogP contribution is 2.39. The standard InChI is InChI=1S/C33H34Cl2N6O4/c1-33(2,3)45-32(44)39-21-5-4-12-41(17-21)27-11-8-20(15-37-27)38-28-22(30(42)18-6-7-18)16-36-26-10-9-25(40-29(26)28)19-13-23(34)31(43)24(35)14-19/h8-11,13-16,18,21,43H,4-7,12,17H2,1-3H3,(H,36,38)(H,39,44)/t21-/m1/s1. The number of benzene rings is 1. The fourth-order valence-electron chi connectivity index (χ4n) is 5.39. The van der Waals surface area contributed by atoms with Gasteiger partial charge in [0.15, 0.2) is 11.5 Å². The van der Waals surface area contributed by atoms with Crippen molar-refractivity contribution in [3.63, 3.8) is 0 Å². The Kier molecular flexibility index (Phi) is 8.45. The first kappa shape index (κ1) is 30.9. The number of halogens is 2. The highest BCUT2D eigenvalue weighted by Gasteiger charge is 2.33. The van der Waals surface area contributed by atoms with Crippen LogP contribution in [0.4, 0.5) is 22.0 Å². The molecule has 2 aliphatic rings. The van der Waals surface area contributed by atoms with E-state index in [4.69, 9.17) is 37.9 Å². The SMILES string of the molecule is CC(C)(C)OC(=O)N[C@@H]1CCCN(c2ccc(Nc3c(C(=O)C4CC4)cnc4ccc(-c5cc(Cl)c(O)c(Cl)c5)nc34)cn2)C1. The Labute approximate surface area is 271 Å². The molecule has 1 saturated carbocycles. The normalized spacial score (nSPS) is 16.8. The molecule has 234 valence electrons. The number of alkyl carbamates (subject to hydrolysis) is 1. The van der Waals surface area contributed by atoms with Crippen LogP contribution in [0, 0.1) is 5.92 Å². The molecule has 0 unspecified atom stereocenters. The predicted octanol–water partition coefficient (Wildman–Crippen LogP) is 7.53. The maximum Gasteiger partial charge on any atom is 0.407 e. The summed E-state index contributed by atoms with van der Waals surface area (Å²) in [6, 6.07) is 10.6. The van der Waals surface area contributed by atoms with Gasteiger partial charge in [-0.15, -0.1) is 0 Å². The molecule has 1 saturated heterocycles. The maximum atomic E-state index is 13.4. The number of rotatable bonds is 7. The molecule has 1 aromatic carbocycles. The van der Waals surface area contributed by atoms with Gasteiger partial charge in [-0.05, 0) is 82.9 Å². The van der Waals surface area contributed by atoms with Crippen LogP contribution in [-0.4, -0.2) is 56.7 Å². The number of amides is 1. The lowest BCUT2D eigenvalue weighted by Crippen LogP contribution is -2.49. The van der Waals surface area contributed by atoms with Crippen molar-refractivity contribution in [1.29, 1.82) is 0 Å². The molecule has 1 amide bonds.